The van der Waals surface area contributed by atoms with Crippen molar-refractivity contribution in [2.24, 2.45) is 5.92 Å². The number of fused-ring (bicyclic) bond motifs is 1. The Kier molecular flexibility index (Phi) is 3.09. The van der Waals surface area contributed by atoms with Crippen molar-refractivity contribution in [1.29, 1.82) is 0 Å². The molecule has 1 aromatic carbocycles. The molecule has 0 heterocycles. The van der Waals surface area contributed by atoms with Crippen molar-refractivity contribution < 1.29 is 4.74 Å². The molecule has 2 aliphatic carbocycles. The van der Waals surface area contributed by atoms with Crippen LogP contribution in [0.4, 0.5) is 0 Å². The van der Waals surface area contributed by atoms with E-state index in [4.69, 9.17) is 4.74 Å². The molecule has 0 radical (unpaired) electrons. The number of benzene rings is 1. The lowest BCUT2D eigenvalue weighted by molar-refractivity contribution is -0.0334. The highest BCUT2D eigenvalue weighted by molar-refractivity contribution is 14.1. The van der Waals surface area contributed by atoms with Crippen LogP contribution in [0.25, 0.3) is 0 Å². The smallest absolute Gasteiger partial charge is 0.0966 e. The molecule has 0 spiro atoms. The van der Waals surface area contributed by atoms with E-state index in [1.54, 1.807) is 0 Å². The second-order valence-electron chi connectivity index (χ2n) is 4.71. The minimum Gasteiger partial charge on any atom is -0.365 e. The van der Waals surface area contributed by atoms with Gasteiger partial charge in [0.05, 0.1) is 12.2 Å². The quantitative estimate of drug-likeness (QED) is 0.596. The van der Waals surface area contributed by atoms with Gasteiger partial charge in [-0.05, 0) is 47.1 Å². The highest BCUT2D eigenvalue weighted by Gasteiger charge is 2.41. The first kappa shape index (κ1) is 11.5. The maximum absolute atomic E-state index is 6.23. The fourth-order valence-corrected chi connectivity index (χ4v) is 3.20. The third kappa shape index (κ3) is 2.08. The molecule has 0 saturated heterocycles. The minimum atomic E-state index is -0.0427. The van der Waals surface area contributed by atoms with Crippen LogP contribution in [0.5, 0.6) is 0 Å². The van der Waals surface area contributed by atoms with Gasteiger partial charge in [0.15, 0.2) is 0 Å². The Morgan fingerprint density at radius 3 is 3.06 bits per heavy atom. The van der Waals surface area contributed by atoms with E-state index < -0.39 is 0 Å². The second kappa shape index (κ2) is 4.58. The van der Waals surface area contributed by atoms with Crippen molar-refractivity contribution in [2.75, 3.05) is 0 Å². The minimum absolute atomic E-state index is 0.0427. The van der Waals surface area contributed by atoms with Crippen LogP contribution in [0.2, 0.25) is 0 Å². The summed E-state index contributed by atoms with van der Waals surface area (Å²) >= 11 is 2.37. The Morgan fingerprint density at radius 1 is 1.29 bits per heavy atom. The molecule has 0 saturated carbocycles. The molecule has 0 amide bonds. The molecule has 0 unspecified atom stereocenters. The lowest BCUT2D eigenvalue weighted by Gasteiger charge is -2.29. The third-order valence-corrected chi connectivity index (χ3v) is 4.73. The Bertz CT molecular complexity index is 478. The molecule has 3 rings (SSSR count). The number of hydrogen-bond acceptors (Lipinski definition) is 1. The molecule has 2 heteroatoms. The molecule has 2 aliphatic rings. The topological polar surface area (TPSA) is 9.23 Å². The molecule has 1 nitrogen and oxygen atoms in total. The van der Waals surface area contributed by atoms with Gasteiger partial charge in [-0.3, -0.25) is 0 Å². The van der Waals surface area contributed by atoms with Gasteiger partial charge in [-0.25, -0.2) is 0 Å². The van der Waals surface area contributed by atoms with Crippen LogP contribution in [0.3, 0.4) is 0 Å². The summed E-state index contributed by atoms with van der Waals surface area (Å²) in [5, 5.41) is 0. The number of halogens is 1. The van der Waals surface area contributed by atoms with Crippen LogP contribution in [0.15, 0.2) is 48.6 Å². The number of allylic oxidation sites excluding steroid dienone is 1. The number of ether oxygens (including phenoxy) is 1. The van der Waals surface area contributed by atoms with E-state index in [2.05, 4.69) is 71.2 Å². The summed E-state index contributed by atoms with van der Waals surface area (Å²) in [5.41, 5.74) is 1.24. The van der Waals surface area contributed by atoms with Crippen LogP contribution < -0.4 is 0 Å². The summed E-state index contributed by atoms with van der Waals surface area (Å²) in [5.74, 6) is 0.559. The van der Waals surface area contributed by atoms with Crippen molar-refractivity contribution in [3.63, 3.8) is 0 Å². The Morgan fingerprint density at radius 2 is 2.18 bits per heavy atom. The zero-order valence-electron chi connectivity index (χ0n) is 9.60. The van der Waals surface area contributed by atoms with Crippen LogP contribution in [0.1, 0.15) is 18.4 Å². The lowest BCUT2D eigenvalue weighted by atomic mass is 9.93. The van der Waals surface area contributed by atoms with Gasteiger partial charge in [0.1, 0.15) is 0 Å². The molecule has 2 atom stereocenters. The highest BCUT2D eigenvalue weighted by Crippen LogP contribution is 2.42. The van der Waals surface area contributed by atoms with E-state index in [0.29, 0.717) is 12.5 Å². The number of rotatable bonds is 3. The molecule has 0 N–H and O–H groups in total. The van der Waals surface area contributed by atoms with Gasteiger partial charge in [-0.1, -0.05) is 42.5 Å². The molecule has 88 valence electrons. The van der Waals surface area contributed by atoms with Crippen LogP contribution in [-0.4, -0.2) is 5.60 Å². The van der Waals surface area contributed by atoms with Crippen molar-refractivity contribution in [1.82, 2.24) is 0 Å². The third-order valence-electron chi connectivity index (χ3n) is 3.68. The first-order chi connectivity index (χ1) is 8.30. The van der Waals surface area contributed by atoms with Gasteiger partial charge in [-0.15, -0.1) is 0 Å². The zero-order chi connectivity index (χ0) is 11.7. The van der Waals surface area contributed by atoms with Gasteiger partial charge in [-0.2, -0.15) is 0 Å². The summed E-state index contributed by atoms with van der Waals surface area (Å²) in [6.07, 6.45) is 11.2. The SMILES string of the molecule is Ic1ccccc1CO[C@@]12C=CC[C@@H]1C=CC2. The molecule has 17 heavy (non-hydrogen) atoms. The first-order valence-corrected chi connectivity index (χ1v) is 7.10. The summed E-state index contributed by atoms with van der Waals surface area (Å²) in [6.45, 7) is 0.710. The maximum atomic E-state index is 6.23. The molecular formula is C15H15IO. The Hall–Kier alpha value is -0.610. The maximum Gasteiger partial charge on any atom is 0.0966 e. The summed E-state index contributed by atoms with van der Waals surface area (Å²) < 4.78 is 7.51. The fraction of sp³-hybridized carbons (Fsp3) is 0.333. The van der Waals surface area contributed by atoms with E-state index in [1.807, 2.05) is 0 Å². The van der Waals surface area contributed by atoms with Gasteiger partial charge < -0.3 is 4.74 Å². The normalized spacial score (nSPS) is 29.8. The van der Waals surface area contributed by atoms with Crippen molar-refractivity contribution in [2.45, 2.75) is 25.0 Å². The molecular weight excluding hydrogens is 323 g/mol. The Labute approximate surface area is 116 Å². The average molecular weight is 338 g/mol. The molecule has 1 aromatic rings. The van der Waals surface area contributed by atoms with Gasteiger partial charge in [0, 0.05) is 9.49 Å². The van der Waals surface area contributed by atoms with Gasteiger partial charge in [0.2, 0.25) is 0 Å². The second-order valence-corrected chi connectivity index (χ2v) is 5.87. The van der Waals surface area contributed by atoms with E-state index in [1.165, 1.54) is 9.13 Å². The van der Waals surface area contributed by atoms with E-state index in [9.17, 15) is 0 Å². The summed E-state index contributed by atoms with van der Waals surface area (Å²) in [6, 6.07) is 8.42. The Balaban J connectivity index is 1.73. The van der Waals surface area contributed by atoms with Crippen LogP contribution in [0, 0.1) is 9.49 Å². The fourth-order valence-electron chi connectivity index (χ4n) is 2.66. The van der Waals surface area contributed by atoms with Gasteiger partial charge in [0.25, 0.3) is 0 Å². The highest BCUT2D eigenvalue weighted by atomic mass is 127. The standard InChI is InChI=1S/C15H15IO/c16-14-8-2-1-5-12(14)11-17-15-9-3-6-13(15)7-4-10-15/h1-6,8,10,13H,7,9,11H2/t13-,15-/m0/s1. The molecule has 0 bridgehead atoms. The van der Waals surface area contributed by atoms with Crippen LogP contribution >= 0.6 is 22.6 Å². The lowest BCUT2D eigenvalue weighted by Crippen LogP contribution is -2.31. The molecule has 0 aliphatic heterocycles. The molecule has 0 fully saturated rings. The van der Waals surface area contributed by atoms with Crippen molar-refractivity contribution >= 4 is 22.6 Å². The van der Waals surface area contributed by atoms with E-state index in [-0.39, 0.29) is 5.60 Å². The predicted octanol–water partition coefficient (Wildman–Crippen LogP) is 4.08. The first-order valence-electron chi connectivity index (χ1n) is 6.02. The average Bonchev–Trinajstić information content (AvgIpc) is 2.87. The van der Waals surface area contributed by atoms with Crippen molar-refractivity contribution in [3.05, 3.63) is 57.7 Å². The van der Waals surface area contributed by atoms with Crippen molar-refractivity contribution in [3.8, 4) is 0 Å². The largest absolute Gasteiger partial charge is 0.365 e. The monoisotopic (exact) mass is 338 g/mol. The predicted molar refractivity (Wildman–Crippen MR) is 77.7 cm³/mol. The van der Waals surface area contributed by atoms with E-state index >= 15 is 0 Å². The van der Waals surface area contributed by atoms with Gasteiger partial charge >= 0.3 is 0 Å². The summed E-state index contributed by atoms with van der Waals surface area (Å²) in [7, 11) is 0. The zero-order valence-corrected chi connectivity index (χ0v) is 11.8. The molecule has 0 aromatic heterocycles. The van der Waals surface area contributed by atoms with Crippen LogP contribution in [-0.2, 0) is 11.3 Å². The number of hydrogen-bond donors (Lipinski definition) is 0. The summed E-state index contributed by atoms with van der Waals surface area (Å²) in [4.78, 5) is 0. The van der Waals surface area contributed by atoms with E-state index in [0.717, 1.165) is 12.8 Å².